The van der Waals surface area contributed by atoms with Gasteiger partial charge in [-0.15, -0.1) is 10.2 Å². The Morgan fingerprint density at radius 3 is 2.88 bits per heavy atom. The van der Waals surface area contributed by atoms with Crippen molar-refractivity contribution in [2.45, 2.75) is 45.8 Å². The number of hydrogen-bond acceptors (Lipinski definition) is 7. The highest BCUT2D eigenvalue weighted by Gasteiger charge is 2.47. The minimum Gasteiger partial charge on any atom is -0.490 e. The molecule has 2 aromatic rings. The van der Waals surface area contributed by atoms with Crippen molar-refractivity contribution >= 4 is 22.8 Å². The Balaban J connectivity index is 1.68. The van der Waals surface area contributed by atoms with Crippen molar-refractivity contribution in [1.82, 2.24) is 15.1 Å². The summed E-state index contributed by atoms with van der Waals surface area (Å²) in [6, 6.07) is 7.60. The van der Waals surface area contributed by atoms with Crippen LogP contribution in [0.25, 0.3) is 16.1 Å². The van der Waals surface area contributed by atoms with Crippen LogP contribution in [0.15, 0.2) is 48.1 Å². The molecule has 2 fully saturated rings. The third-order valence-corrected chi connectivity index (χ3v) is 7.12. The van der Waals surface area contributed by atoms with E-state index in [1.807, 2.05) is 39.0 Å². The van der Waals surface area contributed by atoms with Crippen molar-refractivity contribution in [3.05, 3.63) is 58.6 Å². The number of fused-ring (bicyclic) bond motifs is 1. The summed E-state index contributed by atoms with van der Waals surface area (Å²) in [5.74, 6) is 0.799. The fourth-order valence-electron chi connectivity index (χ4n) is 4.77. The number of nitrogens with zero attached hydrogens (tertiary/aromatic N) is 4. The molecule has 1 saturated heterocycles. The molecule has 1 aliphatic carbocycles. The summed E-state index contributed by atoms with van der Waals surface area (Å²) in [4.78, 5) is 14.1. The number of hydrogen-bond donors (Lipinski definition) is 1. The van der Waals surface area contributed by atoms with Gasteiger partial charge in [0.1, 0.15) is 21.8 Å². The highest BCUT2D eigenvalue weighted by atomic mass is 32.1. The van der Waals surface area contributed by atoms with Crippen LogP contribution in [0.4, 0.5) is 0 Å². The molecule has 8 heteroatoms. The van der Waals surface area contributed by atoms with Crippen molar-refractivity contribution < 1.29 is 14.6 Å². The minimum atomic E-state index is -0.0750. The number of aliphatic hydroxyl groups is 1. The Bertz CT molecular complexity index is 1220. The molecule has 34 heavy (non-hydrogen) atoms. The van der Waals surface area contributed by atoms with Gasteiger partial charge < -0.3 is 14.7 Å². The van der Waals surface area contributed by atoms with E-state index in [0.29, 0.717) is 29.3 Å². The summed E-state index contributed by atoms with van der Waals surface area (Å²) in [5.41, 5.74) is 4.23. The molecule has 2 aliphatic rings. The van der Waals surface area contributed by atoms with Crippen LogP contribution in [-0.2, 0) is 4.79 Å². The molecule has 2 atom stereocenters. The van der Waals surface area contributed by atoms with Crippen molar-refractivity contribution in [2.24, 2.45) is 5.92 Å². The third kappa shape index (κ3) is 4.41. The smallest absolute Gasteiger partial charge is 0.223 e. The van der Waals surface area contributed by atoms with Gasteiger partial charge in [-0.05, 0) is 62.5 Å². The lowest BCUT2D eigenvalue weighted by atomic mass is 10.0. The predicted molar refractivity (Wildman–Crippen MR) is 132 cm³/mol. The van der Waals surface area contributed by atoms with Crippen molar-refractivity contribution in [3.63, 3.8) is 0 Å². The summed E-state index contributed by atoms with van der Waals surface area (Å²) in [6.07, 6.45) is 5.17. The molecule has 1 saturated carbocycles. The highest BCUT2D eigenvalue weighted by Crippen LogP contribution is 2.47. The standard InChI is InChI=1S/C26H28N4O3S/c1-5-6-20(21-12-18-13-23(32)30(9-10-31)24(18)16(21)4)26-29-28-25(34-26)17-7-8-22(33-15(2)3)19(11-17)14-27/h5-8,11,15,18,24,31H,4,9-10,12-13H2,1-3H3/b6-5-,21-20+/t18-,24-/m0/s1. The Morgan fingerprint density at radius 2 is 2.21 bits per heavy atom. The second kappa shape index (κ2) is 9.92. The van der Waals surface area contributed by atoms with E-state index in [1.54, 1.807) is 17.0 Å². The van der Waals surface area contributed by atoms with Gasteiger partial charge in [0, 0.05) is 24.1 Å². The number of allylic oxidation sites excluding steroid dienone is 3. The van der Waals surface area contributed by atoms with Gasteiger partial charge in [0.05, 0.1) is 24.3 Å². The topological polar surface area (TPSA) is 99.3 Å². The van der Waals surface area contributed by atoms with Gasteiger partial charge in [0.25, 0.3) is 0 Å². The lowest BCUT2D eigenvalue weighted by Crippen LogP contribution is -2.36. The molecule has 4 rings (SSSR count). The molecular formula is C26H28N4O3S. The van der Waals surface area contributed by atoms with Gasteiger partial charge in [0.15, 0.2) is 0 Å². The summed E-state index contributed by atoms with van der Waals surface area (Å²) in [5, 5.41) is 29.3. The molecule has 1 amide bonds. The van der Waals surface area contributed by atoms with E-state index in [1.165, 1.54) is 11.3 Å². The maximum Gasteiger partial charge on any atom is 0.223 e. The largest absolute Gasteiger partial charge is 0.490 e. The molecule has 1 aromatic carbocycles. The fourth-order valence-corrected chi connectivity index (χ4v) is 5.66. The number of nitriles is 1. The number of rotatable bonds is 7. The number of aromatic nitrogens is 2. The van der Waals surface area contributed by atoms with Crippen LogP contribution >= 0.6 is 11.3 Å². The SMILES string of the molecule is C=C1/C(=C(\C=C/C)c2nnc(-c3ccc(OC(C)C)c(C#N)c3)s2)C[C@H]2CC(=O)N(CCO)[C@@H]12. The molecule has 0 radical (unpaired) electrons. The van der Waals surface area contributed by atoms with Gasteiger partial charge in [-0.25, -0.2) is 0 Å². The second-order valence-corrected chi connectivity index (χ2v) is 9.72. The first-order valence-corrected chi connectivity index (χ1v) is 12.2. The first kappa shape index (κ1) is 23.9. The maximum absolute atomic E-state index is 12.4. The molecule has 1 aromatic heterocycles. The summed E-state index contributed by atoms with van der Waals surface area (Å²) in [7, 11) is 0. The van der Waals surface area contributed by atoms with Crippen LogP contribution in [-0.4, -0.2) is 51.4 Å². The number of benzene rings is 1. The summed E-state index contributed by atoms with van der Waals surface area (Å²) in [6.45, 7) is 10.4. The van der Waals surface area contributed by atoms with Crippen LogP contribution in [0.1, 0.15) is 44.2 Å². The number of amides is 1. The number of carbonyl (C=O) groups excluding carboxylic acids is 1. The van der Waals surface area contributed by atoms with Crippen molar-refractivity contribution in [3.8, 4) is 22.4 Å². The summed E-state index contributed by atoms with van der Waals surface area (Å²) < 4.78 is 5.73. The fraction of sp³-hybridized carbons (Fsp3) is 0.385. The van der Waals surface area contributed by atoms with Crippen molar-refractivity contribution in [1.29, 1.82) is 5.26 Å². The van der Waals surface area contributed by atoms with Crippen LogP contribution < -0.4 is 4.74 Å². The maximum atomic E-state index is 12.4. The lowest BCUT2D eigenvalue weighted by Gasteiger charge is -2.24. The van der Waals surface area contributed by atoms with Crippen LogP contribution in [0.2, 0.25) is 0 Å². The molecule has 0 unspecified atom stereocenters. The van der Waals surface area contributed by atoms with E-state index in [4.69, 9.17) is 4.74 Å². The average Bonchev–Trinajstić information content (AvgIpc) is 3.49. The van der Waals surface area contributed by atoms with E-state index in [9.17, 15) is 15.2 Å². The normalized spacial score (nSPS) is 21.5. The minimum absolute atomic E-state index is 0.0244. The van der Waals surface area contributed by atoms with Crippen LogP contribution in [0.5, 0.6) is 5.75 Å². The first-order valence-electron chi connectivity index (χ1n) is 11.4. The molecule has 7 nitrogen and oxygen atoms in total. The van der Waals surface area contributed by atoms with Crippen molar-refractivity contribution in [2.75, 3.05) is 13.2 Å². The van der Waals surface area contributed by atoms with Crippen LogP contribution in [0.3, 0.4) is 0 Å². The van der Waals surface area contributed by atoms with E-state index in [-0.39, 0.29) is 30.6 Å². The van der Waals surface area contributed by atoms with E-state index >= 15 is 0 Å². The molecule has 0 spiro atoms. The second-order valence-electron chi connectivity index (χ2n) is 8.74. The predicted octanol–water partition coefficient (Wildman–Crippen LogP) is 4.36. The molecule has 2 heterocycles. The Kier molecular flexibility index (Phi) is 6.96. The summed E-state index contributed by atoms with van der Waals surface area (Å²) >= 11 is 1.46. The monoisotopic (exact) mass is 476 g/mol. The van der Waals surface area contributed by atoms with Gasteiger partial charge in [-0.3, -0.25) is 4.79 Å². The van der Waals surface area contributed by atoms with Crippen LogP contribution in [0, 0.1) is 17.2 Å². The molecule has 0 bridgehead atoms. The zero-order valence-electron chi connectivity index (χ0n) is 19.6. The van der Waals surface area contributed by atoms with E-state index < -0.39 is 0 Å². The van der Waals surface area contributed by atoms with E-state index in [0.717, 1.165) is 33.7 Å². The number of aliphatic hydroxyl groups excluding tert-OH is 1. The van der Waals surface area contributed by atoms with Gasteiger partial charge in [-0.1, -0.05) is 30.1 Å². The Labute approximate surface area is 203 Å². The van der Waals surface area contributed by atoms with Gasteiger partial charge in [-0.2, -0.15) is 5.26 Å². The number of likely N-dealkylation sites (tertiary alicyclic amines) is 1. The highest BCUT2D eigenvalue weighted by molar-refractivity contribution is 7.15. The molecular weight excluding hydrogens is 448 g/mol. The Morgan fingerprint density at radius 1 is 1.41 bits per heavy atom. The quantitative estimate of drug-likeness (QED) is 0.637. The average molecular weight is 477 g/mol. The Hall–Kier alpha value is -3.28. The van der Waals surface area contributed by atoms with E-state index in [2.05, 4.69) is 22.8 Å². The molecule has 176 valence electrons. The van der Waals surface area contributed by atoms with Gasteiger partial charge >= 0.3 is 0 Å². The zero-order chi connectivity index (χ0) is 24.4. The number of β-amino-alcohol motifs (C(OH)–C–C–N with tert-alkyl or cyclic N) is 1. The number of ether oxygens (including phenoxy) is 1. The lowest BCUT2D eigenvalue weighted by molar-refractivity contribution is -0.129. The first-order chi connectivity index (χ1) is 16.4. The number of carbonyl (C=O) groups is 1. The zero-order valence-corrected chi connectivity index (χ0v) is 20.4. The third-order valence-electron chi connectivity index (χ3n) is 6.11. The van der Waals surface area contributed by atoms with Gasteiger partial charge in [0.2, 0.25) is 5.91 Å². The molecule has 1 N–H and O–H groups in total. The molecule has 1 aliphatic heterocycles.